The van der Waals surface area contributed by atoms with Gasteiger partial charge in [0.15, 0.2) is 0 Å². The molecule has 1 unspecified atom stereocenters. The Bertz CT molecular complexity index is 129. The number of hydroxylamine groups is 1. The molecule has 5 heteroatoms. The molecule has 72 valence electrons. The van der Waals surface area contributed by atoms with E-state index >= 15 is 0 Å². The number of nitrogens with one attached hydrogen (secondary N) is 1. The third-order valence-corrected chi connectivity index (χ3v) is 1.30. The number of carboxylic acid groups (broad SMARTS) is 1. The van der Waals surface area contributed by atoms with E-state index in [0.717, 1.165) is 0 Å². The number of carboxylic acids is 1. The van der Waals surface area contributed by atoms with Crippen molar-refractivity contribution in [1.82, 2.24) is 5.48 Å². The minimum atomic E-state index is -0.835. The van der Waals surface area contributed by atoms with Crippen LogP contribution in [0.5, 0.6) is 0 Å². The van der Waals surface area contributed by atoms with E-state index < -0.39 is 11.9 Å². The zero-order valence-electron chi connectivity index (χ0n) is 7.37. The van der Waals surface area contributed by atoms with Crippen LogP contribution in [0.4, 0.5) is 0 Å². The average molecular weight is 177 g/mol. The molecule has 0 saturated carbocycles. The van der Waals surface area contributed by atoms with Crippen LogP contribution in [0.1, 0.15) is 6.92 Å². The Morgan fingerprint density at radius 2 is 2.25 bits per heavy atom. The van der Waals surface area contributed by atoms with Gasteiger partial charge >= 0.3 is 5.97 Å². The van der Waals surface area contributed by atoms with Crippen molar-refractivity contribution in [2.75, 3.05) is 26.9 Å². The van der Waals surface area contributed by atoms with Gasteiger partial charge < -0.3 is 9.84 Å². The summed E-state index contributed by atoms with van der Waals surface area (Å²) in [4.78, 5) is 15.2. The van der Waals surface area contributed by atoms with Crippen molar-refractivity contribution in [1.29, 1.82) is 0 Å². The fourth-order valence-corrected chi connectivity index (χ4v) is 0.468. The molecule has 0 aliphatic heterocycles. The highest BCUT2D eigenvalue weighted by Gasteiger charge is 2.09. The first kappa shape index (κ1) is 11.4. The van der Waals surface area contributed by atoms with Gasteiger partial charge in [-0.15, -0.1) is 0 Å². The van der Waals surface area contributed by atoms with E-state index in [4.69, 9.17) is 14.7 Å². The molecule has 0 heterocycles. The fraction of sp³-hybridized carbons (Fsp3) is 0.857. The standard InChI is InChI=1S/C7H15NO4/c1-6(7(9)10)5-8-12-4-3-11-2/h6,8H,3-5H2,1-2H3,(H,9,10). The predicted octanol–water partition coefficient (Wildman–Crippen LogP) is -0.125. The Morgan fingerprint density at radius 3 is 2.75 bits per heavy atom. The summed E-state index contributed by atoms with van der Waals surface area (Å²) in [5, 5.41) is 8.46. The smallest absolute Gasteiger partial charge is 0.307 e. The maximum atomic E-state index is 10.3. The van der Waals surface area contributed by atoms with Gasteiger partial charge in [-0.05, 0) is 0 Å². The van der Waals surface area contributed by atoms with Crippen molar-refractivity contribution >= 4 is 5.97 Å². The SMILES string of the molecule is COCCONCC(C)C(=O)O. The van der Waals surface area contributed by atoms with Crippen LogP contribution in [0.2, 0.25) is 0 Å². The van der Waals surface area contributed by atoms with Crippen LogP contribution in [-0.4, -0.2) is 37.9 Å². The van der Waals surface area contributed by atoms with E-state index in [1.165, 1.54) is 0 Å². The molecule has 0 amide bonds. The second-order valence-corrected chi connectivity index (χ2v) is 2.43. The quantitative estimate of drug-likeness (QED) is 0.419. The zero-order valence-corrected chi connectivity index (χ0v) is 7.37. The summed E-state index contributed by atoms with van der Waals surface area (Å²) in [6, 6.07) is 0. The van der Waals surface area contributed by atoms with Crippen LogP contribution in [0.15, 0.2) is 0 Å². The summed E-state index contributed by atoms with van der Waals surface area (Å²) < 4.78 is 4.72. The molecule has 0 aromatic heterocycles. The van der Waals surface area contributed by atoms with Crippen LogP contribution >= 0.6 is 0 Å². The van der Waals surface area contributed by atoms with E-state index in [1.807, 2.05) is 0 Å². The second-order valence-electron chi connectivity index (χ2n) is 2.43. The zero-order chi connectivity index (χ0) is 9.40. The molecular weight excluding hydrogens is 162 g/mol. The molecule has 0 spiro atoms. The normalized spacial score (nSPS) is 12.8. The Labute approximate surface area is 71.6 Å². The van der Waals surface area contributed by atoms with E-state index in [-0.39, 0.29) is 0 Å². The minimum Gasteiger partial charge on any atom is -0.481 e. The summed E-state index contributed by atoms with van der Waals surface area (Å²) in [6.45, 7) is 2.82. The topological polar surface area (TPSA) is 67.8 Å². The minimum absolute atomic E-state index is 0.305. The maximum absolute atomic E-state index is 10.3. The average Bonchev–Trinajstić information content (AvgIpc) is 2.03. The Balaban J connectivity index is 3.14. The third-order valence-electron chi connectivity index (χ3n) is 1.30. The highest BCUT2D eigenvalue weighted by Crippen LogP contribution is 1.90. The lowest BCUT2D eigenvalue weighted by Crippen LogP contribution is -2.27. The summed E-state index contributed by atoms with van der Waals surface area (Å²) >= 11 is 0. The van der Waals surface area contributed by atoms with E-state index in [2.05, 4.69) is 5.48 Å². The lowest BCUT2D eigenvalue weighted by molar-refractivity contribution is -0.142. The summed E-state index contributed by atoms with van der Waals surface area (Å²) in [5.41, 5.74) is 2.54. The maximum Gasteiger partial charge on any atom is 0.307 e. The fourth-order valence-electron chi connectivity index (χ4n) is 0.468. The van der Waals surface area contributed by atoms with Gasteiger partial charge in [0.05, 0.1) is 19.1 Å². The third kappa shape index (κ3) is 6.09. The number of aliphatic carboxylic acids is 1. The van der Waals surface area contributed by atoms with Gasteiger partial charge in [0.1, 0.15) is 0 Å². The number of hydrogen-bond acceptors (Lipinski definition) is 4. The lowest BCUT2D eigenvalue weighted by Gasteiger charge is -2.07. The van der Waals surface area contributed by atoms with Crippen LogP contribution in [0.3, 0.4) is 0 Å². The first-order chi connectivity index (χ1) is 5.68. The highest BCUT2D eigenvalue weighted by atomic mass is 16.7. The molecule has 0 bridgehead atoms. The molecule has 0 fully saturated rings. The molecular formula is C7H15NO4. The van der Waals surface area contributed by atoms with E-state index in [1.54, 1.807) is 14.0 Å². The molecule has 5 nitrogen and oxygen atoms in total. The van der Waals surface area contributed by atoms with Gasteiger partial charge in [-0.3, -0.25) is 9.63 Å². The van der Waals surface area contributed by atoms with Gasteiger partial charge in [0.2, 0.25) is 0 Å². The first-order valence-electron chi connectivity index (χ1n) is 3.75. The Kier molecular flexibility index (Phi) is 6.64. The number of carbonyl (C=O) groups is 1. The van der Waals surface area contributed by atoms with Crippen molar-refractivity contribution in [3.05, 3.63) is 0 Å². The number of ether oxygens (including phenoxy) is 1. The number of methoxy groups -OCH3 is 1. The highest BCUT2D eigenvalue weighted by molar-refractivity contribution is 5.69. The van der Waals surface area contributed by atoms with E-state index in [0.29, 0.717) is 19.8 Å². The molecule has 0 aromatic carbocycles. The molecule has 0 radical (unpaired) electrons. The molecule has 1 atom stereocenters. The van der Waals surface area contributed by atoms with Crippen LogP contribution in [-0.2, 0) is 14.4 Å². The van der Waals surface area contributed by atoms with Gasteiger partial charge in [-0.25, -0.2) is 5.48 Å². The van der Waals surface area contributed by atoms with Crippen molar-refractivity contribution in [2.24, 2.45) is 5.92 Å². The second kappa shape index (κ2) is 7.02. The number of rotatable bonds is 7. The Morgan fingerprint density at radius 1 is 1.58 bits per heavy atom. The molecule has 12 heavy (non-hydrogen) atoms. The molecule has 0 aromatic rings. The Hall–Kier alpha value is -0.650. The summed E-state index contributed by atoms with van der Waals surface area (Å²) in [6.07, 6.45) is 0. The van der Waals surface area contributed by atoms with Gasteiger partial charge in [0.25, 0.3) is 0 Å². The van der Waals surface area contributed by atoms with Crippen molar-refractivity contribution < 1.29 is 19.5 Å². The monoisotopic (exact) mass is 177 g/mol. The van der Waals surface area contributed by atoms with Crippen molar-refractivity contribution in [3.8, 4) is 0 Å². The van der Waals surface area contributed by atoms with Crippen molar-refractivity contribution in [3.63, 3.8) is 0 Å². The van der Waals surface area contributed by atoms with Crippen molar-refractivity contribution in [2.45, 2.75) is 6.92 Å². The molecule has 0 aliphatic carbocycles. The van der Waals surface area contributed by atoms with Crippen LogP contribution < -0.4 is 5.48 Å². The van der Waals surface area contributed by atoms with Crippen LogP contribution in [0, 0.1) is 5.92 Å². The predicted molar refractivity (Wildman–Crippen MR) is 42.6 cm³/mol. The molecule has 0 rings (SSSR count). The van der Waals surface area contributed by atoms with Gasteiger partial charge in [0, 0.05) is 13.7 Å². The lowest BCUT2D eigenvalue weighted by atomic mass is 10.2. The van der Waals surface area contributed by atoms with Crippen LogP contribution in [0.25, 0.3) is 0 Å². The first-order valence-corrected chi connectivity index (χ1v) is 3.75. The molecule has 0 saturated heterocycles. The number of hydrogen-bond donors (Lipinski definition) is 2. The van der Waals surface area contributed by atoms with Gasteiger partial charge in [-0.2, -0.15) is 0 Å². The molecule has 2 N–H and O–H groups in total. The molecule has 0 aliphatic rings. The van der Waals surface area contributed by atoms with E-state index in [9.17, 15) is 4.79 Å². The largest absolute Gasteiger partial charge is 0.481 e. The summed E-state index contributed by atoms with van der Waals surface area (Å²) in [7, 11) is 1.57. The summed E-state index contributed by atoms with van der Waals surface area (Å²) in [5.74, 6) is -1.27. The van der Waals surface area contributed by atoms with Gasteiger partial charge in [-0.1, -0.05) is 6.92 Å².